The Kier molecular flexibility index (Phi) is 6.93. The van der Waals surface area contributed by atoms with E-state index in [1.807, 2.05) is 66.5 Å². The first-order valence-corrected chi connectivity index (χ1v) is 11.8. The largest absolute Gasteiger partial charge is 0.351 e. The maximum absolute atomic E-state index is 12.5. The van der Waals surface area contributed by atoms with Crippen molar-refractivity contribution in [2.45, 2.75) is 39.0 Å². The third-order valence-corrected chi connectivity index (χ3v) is 6.74. The van der Waals surface area contributed by atoms with E-state index in [4.69, 9.17) is 0 Å². The molecule has 2 heterocycles. The van der Waals surface area contributed by atoms with Crippen LogP contribution in [-0.4, -0.2) is 36.2 Å². The van der Waals surface area contributed by atoms with Crippen LogP contribution in [0.2, 0.25) is 0 Å². The van der Waals surface area contributed by atoms with Crippen LogP contribution >= 0.6 is 11.8 Å². The van der Waals surface area contributed by atoms with Crippen LogP contribution < -0.4 is 5.32 Å². The van der Waals surface area contributed by atoms with E-state index < -0.39 is 0 Å². The number of nitrogens with one attached hydrogen (secondary N) is 1. The molecule has 0 aliphatic heterocycles. The van der Waals surface area contributed by atoms with Gasteiger partial charge < -0.3 is 9.88 Å². The van der Waals surface area contributed by atoms with Crippen molar-refractivity contribution in [2.24, 2.45) is 7.05 Å². The van der Waals surface area contributed by atoms with Gasteiger partial charge in [0.15, 0.2) is 11.0 Å². The minimum absolute atomic E-state index is 0.0462. The predicted molar refractivity (Wildman–Crippen MR) is 131 cm³/mol. The summed E-state index contributed by atoms with van der Waals surface area (Å²) in [5, 5.41) is 17.0. The van der Waals surface area contributed by atoms with Gasteiger partial charge in [-0.1, -0.05) is 66.4 Å². The number of carbonyl (C=O) groups excluding carboxylic acids is 1. The van der Waals surface area contributed by atoms with Gasteiger partial charge in [0.2, 0.25) is 5.91 Å². The van der Waals surface area contributed by atoms with Crippen LogP contribution in [0.1, 0.15) is 28.1 Å². The summed E-state index contributed by atoms with van der Waals surface area (Å²) in [6.45, 7) is 7.26. The average Bonchev–Trinajstić information content (AvgIpc) is 3.30. The summed E-state index contributed by atoms with van der Waals surface area (Å²) in [5.41, 5.74) is 6.45. The Morgan fingerprint density at radius 2 is 1.73 bits per heavy atom. The van der Waals surface area contributed by atoms with E-state index in [0.29, 0.717) is 18.2 Å². The minimum atomic E-state index is -0.0462. The van der Waals surface area contributed by atoms with E-state index in [9.17, 15) is 4.79 Å². The predicted octanol–water partition coefficient (Wildman–Crippen LogP) is 4.06. The highest BCUT2D eigenvalue weighted by Gasteiger charge is 2.16. The van der Waals surface area contributed by atoms with Crippen LogP contribution in [0.15, 0.2) is 59.8 Å². The molecule has 4 aromatic rings. The van der Waals surface area contributed by atoms with Gasteiger partial charge in [-0.15, -0.1) is 10.2 Å². The zero-order valence-corrected chi connectivity index (χ0v) is 20.2. The standard InChI is InChI=1S/C25H28N6OS/c1-17-10-8-9-13-21(17)24-27-28-25(30(24)4)33-16-23(32)26-14-22-18(2)29-31(19(22)3)15-20-11-6-5-7-12-20/h5-13H,14-16H2,1-4H3,(H,26,32). The molecule has 2 aromatic carbocycles. The van der Waals surface area contributed by atoms with Gasteiger partial charge in [-0.05, 0) is 31.9 Å². The molecule has 0 saturated carbocycles. The van der Waals surface area contributed by atoms with Crippen molar-refractivity contribution in [1.29, 1.82) is 0 Å². The number of rotatable bonds is 8. The lowest BCUT2D eigenvalue weighted by Crippen LogP contribution is -2.25. The summed E-state index contributed by atoms with van der Waals surface area (Å²) >= 11 is 1.38. The number of aryl methyl sites for hydroxylation is 2. The molecule has 0 fully saturated rings. The van der Waals surface area contributed by atoms with Crippen LogP contribution in [-0.2, 0) is 24.9 Å². The zero-order valence-electron chi connectivity index (χ0n) is 19.4. The second kappa shape index (κ2) is 10.0. The van der Waals surface area contributed by atoms with Crippen molar-refractivity contribution in [3.8, 4) is 11.4 Å². The van der Waals surface area contributed by atoms with Crippen LogP contribution in [0.5, 0.6) is 0 Å². The van der Waals surface area contributed by atoms with Gasteiger partial charge in [0.25, 0.3) is 0 Å². The summed E-state index contributed by atoms with van der Waals surface area (Å²) in [6, 6.07) is 18.3. The second-order valence-electron chi connectivity index (χ2n) is 8.04. The Hall–Kier alpha value is -3.39. The lowest BCUT2D eigenvalue weighted by atomic mass is 10.1. The van der Waals surface area contributed by atoms with E-state index in [1.54, 1.807) is 0 Å². The molecule has 1 amide bonds. The molecule has 33 heavy (non-hydrogen) atoms. The molecule has 0 saturated heterocycles. The third kappa shape index (κ3) is 5.17. The molecule has 8 heteroatoms. The first-order valence-electron chi connectivity index (χ1n) is 10.9. The number of thioether (sulfide) groups is 1. The van der Waals surface area contributed by atoms with E-state index in [-0.39, 0.29) is 11.7 Å². The van der Waals surface area contributed by atoms with Crippen LogP contribution in [0, 0.1) is 20.8 Å². The van der Waals surface area contributed by atoms with E-state index in [0.717, 1.165) is 33.9 Å². The first-order chi connectivity index (χ1) is 15.9. The third-order valence-electron chi connectivity index (χ3n) is 5.72. The summed E-state index contributed by atoms with van der Waals surface area (Å²) in [4.78, 5) is 12.5. The van der Waals surface area contributed by atoms with E-state index in [1.165, 1.54) is 17.3 Å². The molecule has 1 N–H and O–H groups in total. The Labute approximate surface area is 198 Å². The Morgan fingerprint density at radius 1 is 1.00 bits per heavy atom. The SMILES string of the molecule is Cc1ccccc1-c1nnc(SCC(=O)NCc2c(C)nn(Cc3ccccc3)c2C)n1C. The van der Waals surface area contributed by atoms with Crippen molar-refractivity contribution in [3.63, 3.8) is 0 Å². The molecule has 4 rings (SSSR count). The molecule has 0 atom stereocenters. The van der Waals surface area contributed by atoms with Crippen LogP contribution in [0.4, 0.5) is 0 Å². The molecule has 0 aliphatic rings. The fourth-order valence-corrected chi connectivity index (χ4v) is 4.51. The van der Waals surface area contributed by atoms with Crippen molar-refractivity contribution >= 4 is 17.7 Å². The summed E-state index contributed by atoms with van der Waals surface area (Å²) in [5.74, 6) is 1.03. The highest BCUT2D eigenvalue weighted by Crippen LogP contribution is 2.25. The number of amides is 1. The maximum Gasteiger partial charge on any atom is 0.230 e. The van der Waals surface area contributed by atoms with E-state index >= 15 is 0 Å². The molecule has 0 unspecified atom stereocenters. The average molecular weight is 461 g/mol. The maximum atomic E-state index is 12.5. The number of benzene rings is 2. The molecule has 170 valence electrons. The van der Waals surface area contributed by atoms with Crippen molar-refractivity contribution in [1.82, 2.24) is 29.9 Å². The lowest BCUT2D eigenvalue weighted by molar-refractivity contribution is -0.118. The van der Waals surface area contributed by atoms with Crippen molar-refractivity contribution in [2.75, 3.05) is 5.75 Å². The Morgan fingerprint density at radius 3 is 2.48 bits per heavy atom. The molecular weight excluding hydrogens is 432 g/mol. The first kappa shape index (κ1) is 22.8. The fraction of sp³-hybridized carbons (Fsp3) is 0.280. The monoisotopic (exact) mass is 460 g/mol. The second-order valence-corrected chi connectivity index (χ2v) is 8.98. The molecule has 2 aromatic heterocycles. The topological polar surface area (TPSA) is 77.6 Å². The smallest absolute Gasteiger partial charge is 0.230 e. The normalized spacial score (nSPS) is 11.0. The van der Waals surface area contributed by atoms with E-state index in [2.05, 4.69) is 45.7 Å². The number of carbonyl (C=O) groups is 1. The quantitative estimate of drug-likeness (QED) is 0.401. The van der Waals surface area contributed by atoms with Gasteiger partial charge in [0.05, 0.1) is 18.0 Å². The molecule has 0 spiro atoms. The van der Waals surface area contributed by atoms with Crippen molar-refractivity contribution < 1.29 is 4.79 Å². The highest BCUT2D eigenvalue weighted by molar-refractivity contribution is 7.99. The van der Waals surface area contributed by atoms with Gasteiger partial charge in [-0.3, -0.25) is 9.48 Å². The van der Waals surface area contributed by atoms with Gasteiger partial charge in [0, 0.05) is 30.4 Å². The highest BCUT2D eigenvalue weighted by atomic mass is 32.2. The summed E-state index contributed by atoms with van der Waals surface area (Å²) in [7, 11) is 1.93. The summed E-state index contributed by atoms with van der Waals surface area (Å²) in [6.07, 6.45) is 0. The molecule has 0 aliphatic carbocycles. The number of hydrogen-bond donors (Lipinski definition) is 1. The van der Waals surface area contributed by atoms with Gasteiger partial charge >= 0.3 is 0 Å². The molecule has 0 bridgehead atoms. The number of aromatic nitrogens is 5. The van der Waals surface area contributed by atoms with Gasteiger partial charge in [0.1, 0.15) is 0 Å². The minimum Gasteiger partial charge on any atom is -0.351 e. The summed E-state index contributed by atoms with van der Waals surface area (Å²) < 4.78 is 3.93. The van der Waals surface area contributed by atoms with Gasteiger partial charge in [-0.25, -0.2) is 0 Å². The Bertz CT molecular complexity index is 1260. The van der Waals surface area contributed by atoms with Crippen LogP contribution in [0.3, 0.4) is 0 Å². The van der Waals surface area contributed by atoms with Crippen LogP contribution in [0.25, 0.3) is 11.4 Å². The van der Waals surface area contributed by atoms with Gasteiger partial charge in [-0.2, -0.15) is 5.10 Å². The Balaban J connectivity index is 1.35. The fourth-order valence-electron chi connectivity index (χ4n) is 3.77. The molecule has 0 radical (unpaired) electrons. The number of hydrogen-bond acceptors (Lipinski definition) is 5. The molecule has 7 nitrogen and oxygen atoms in total. The lowest BCUT2D eigenvalue weighted by Gasteiger charge is -2.08. The molecular formula is C25H28N6OS. The number of nitrogens with zero attached hydrogens (tertiary/aromatic N) is 5. The van der Waals surface area contributed by atoms with Crippen molar-refractivity contribution in [3.05, 3.63) is 82.7 Å². The zero-order chi connectivity index (χ0) is 23.4.